The van der Waals surface area contributed by atoms with Crippen LogP contribution in [0, 0.1) is 17.6 Å². The van der Waals surface area contributed by atoms with Crippen molar-refractivity contribution >= 4 is 5.91 Å². The predicted octanol–water partition coefficient (Wildman–Crippen LogP) is 1.91. The molecule has 9 heteroatoms. The van der Waals surface area contributed by atoms with Gasteiger partial charge in [0.1, 0.15) is 6.61 Å². The van der Waals surface area contributed by atoms with Gasteiger partial charge in [0.15, 0.2) is 28.8 Å². The van der Waals surface area contributed by atoms with Crippen molar-refractivity contribution in [1.82, 2.24) is 21.3 Å². The Hall–Kier alpha value is -2.52. The molecule has 2 fully saturated rings. The van der Waals surface area contributed by atoms with Crippen molar-refractivity contribution in [3.05, 3.63) is 47.4 Å². The van der Waals surface area contributed by atoms with E-state index >= 15 is 0 Å². The summed E-state index contributed by atoms with van der Waals surface area (Å²) in [5, 5.41) is 6.53. The number of hydrazine groups is 1. The molecule has 1 saturated heterocycles. The molecule has 0 spiro atoms. The molecule has 1 aromatic carbocycles. The largest absolute Gasteiger partial charge is 0.479 e. The average Bonchev–Trinajstić information content (AvgIpc) is 3.37. The number of carbonyl (C=O) groups excluding carboxylic acids is 1. The molecule has 3 N–H and O–H groups in total. The molecule has 0 bridgehead atoms. The number of rotatable bonds is 6. The molecule has 1 amide bonds. The lowest BCUT2D eigenvalue weighted by atomic mass is 9.97. The Morgan fingerprint density at radius 2 is 2.11 bits per heavy atom. The molecular weight excluding hydrogens is 358 g/mol. The van der Waals surface area contributed by atoms with E-state index in [1.165, 1.54) is 18.6 Å². The molecule has 2 aliphatic rings. The van der Waals surface area contributed by atoms with Crippen LogP contribution in [-0.4, -0.2) is 29.7 Å². The van der Waals surface area contributed by atoms with Gasteiger partial charge >= 0.3 is 0 Å². The van der Waals surface area contributed by atoms with Crippen molar-refractivity contribution in [2.75, 3.05) is 6.54 Å². The van der Waals surface area contributed by atoms with Gasteiger partial charge in [-0.3, -0.25) is 15.6 Å². The molecule has 2 aromatic rings. The summed E-state index contributed by atoms with van der Waals surface area (Å²) >= 11 is 0. The zero-order chi connectivity index (χ0) is 18.8. The predicted molar refractivity (Wildman–Crippen MR) is 90.7 cm³/mol. The monoisotopic (exact) mass is 378 g/mol. The van der Waals surface area contributed by atoms with Crippen LogP contribution in [-0.2, 0) is 6.61 Å². The molecule has 1 aliphatic carbocycles. The number of carbonyl (C=O) groups is 1. The molecular formula is C18H20F2N4O3. The van der Waals surface area contributed by atoms with Crippen molar-refractivity contribution in [1.29, 1.82) is 0 Å². The first kappa shape index (κ1) is 17.9. The molecule has 27 heavy (non-hydrogen) atoms. The highest BCUT2D eigenvalue weighted by atomic mass is 19.1. The van der Waals surface area contributed by atoms with E-state index in [2.05, 4.69) is 21.3 Å². The molecule has 144 valence electrons. The smallest absolute Gasteiger partial charge is 0.273 e. The summed E-state index contributed by atoms with van der Waals surface area (Å²) in [6.07, 6.45) is 3.49. The third-order valence-corrected chi connectivity index (χ3v) is 5.09. The van der Waals surface area contributed by atoms with Gasteiger partial charge in [0.25, 0.3) is 5.91 Å². The first-order chi connectivity index (χ1) is 13.1. The molecule has 1 saturated carbocycles. The Kier molecular flexibility index (Phi) is 5.04. The van der Waals surface area contributed by atoms with Crippen molar-refractivity contribution < 1.29 is 22.8 Å². The minimum atomic E-state index is -0.810. The second kappa shape index (κ2) is 7.61. The number of ether oxygens (including phenoxy) is 1. The Morgan fingerprint density at radius 1 is 1.30 bits per heavy atom. The van der Waals surface area contributed by atoms with Crippen LogP contribution in [0.15, 0.2) is 28.8 Å². The quantitative estimate of drug-likeness (QED) is 0.712. The molecule has 2 heterocycles. The fraction of sp³-hybridized carbons (Fsp3) is 0.444. The van der Waals surface area contributed by atoms with E-state index in [0.29, 0.717) is 18.5 Å². The summed E-state index contributed by atoms with van der Waals surface area (Å²) in [5.74, 6) is -1.77. The lowest BCUT2D eigenvalue weighted by molar-refractivity contribution is 0.0938. The maximum atomic E-state index is 13.5. The number of halogens is 2. The maximum Gasteiger partial charge on any atom is 0.273 e. The van der Waals surface area contributed by atoms with Crippen molar-refractivity contribution in [3.63, 3.8) is 0 Å². The standard InChI is InChI=1S/C18H20F2N4O3/c19-12-4-2-5-13(20)17(12)26-9-10-7-15(24-27-10)18(25)21-8-16-11-3-1-6-14(11)22-23-16/h2,4-5,7,11,14,16,22-23H,1,3,6,8-9H2,(H,21,25). The van der Waals surface area contributed by atoms with Gasteiger partial charge in [-0.1, -0.05) is 17.6 Å². The van der Waals surface area contributed by atoms with Gasteiger partial charge in [0.2, 0.25) is 0 Å². The molecule has 0 radical (unpaired) electrons. The number of benzene rings is 1. The van der Waals surface area contributed by atoms with Gasteiger partial charge in [-0.15, -0.1) is 0 Å². The third kappa shape index (κ3) is 3.79. The summed E-state index contributed by atoms with van der Waals surface area (Å²) in [7, 11) is 0. The number of hydrogen-bond acceptors (Lipinski definition) is 6. The SMILES string of the molecule is O=C(NCC1NNC2CCCC21)c1cc(COc2c(F)cccc2F)on1. The summed E-state index contributed by atoms with van der Waals surface area (Å²) in [6.45, 7) is 0.238. The first-order valence-electron chi connectivity index (χ1n) is 8.93. The number of fused-ring (bicyclic) bond motifs is 1. The normalized spacial score (nSPS) is 24.0. The second-order valence-electron chi connectivity index (χ2n) is 6.82. The van der Waals surface area contributed by atoms with Crippen LogP contribution in [0.5, 0.6) is 5.75 Å². The number of nitrogens with zero attached hydrogens (tertiary/aromatic N) is 1. The topological polar surface area (TPSA) is 88.4 Å². The molecule has 3 atom stereocenters. The zero-order valence-electron chi connectivity index (χ0n) is 14.5. The summed E-state index contributed by atoms with van der Waals surface area (Å²) in [5.41, 5.74) is 6.58. The van der Waals surface area contributed by atoms with Crippen LogP contribution in [0.2, 0.25) is 0 Å². The van der Waals surface area contributed by atoms with Crippen LogP contribution < -0.4 is 20.9 Å². The average molecular weight is 378 g/mol. The van der Waals surface area contributed by atoms with Gasteiger partial charge in [0.05, 0.1) is 0 Å². The molecule has 1 aliphatic heterocycles. The van der Waals surface area contributed by atoms with Gasteiger partial charge in [0, 0.05) is 24.7 Å². The van der Waals surface area contributed by atoms with Crippen LogP contribution >= 0.6 is 0 Å². The fourth-order valence-corrected chi connectivity index (χ4v) is 3.72. The summed E-state index contributed by atoms with van der Waals surface area (Å²) in [4.78, 5) is 12.2. The Labute approximate surface area is 154 Å². The summed E-state index contributed by atoms with van der Waals surface area (Å²) < 4.78 is 37.2. The van der Waals surface area contributed by atoms with Crippen LogP contribution in [0.1, 0.15) is 35.5 Å². The van der Waals surface area contributed by atoms with E-state index in [9.17, 15) is 13.6 Å². The highest BCUT2D eigenvalue weighted by Crippen LogP contribution is 2.31. The lowest BCUT2D eigenvalue weighted by Gasteiger charge is -2.16. The molecule has 3 unspecified atom stereocenters. The Morgan fingerprint density at radius 3 is 2.93 bits per heavy atom. The van der Waals surface area contributed by atoms with Gasteiger partial charge < -0.3 is 14.6 Å². The fourth-order valence-electron chi connectivity index (χ4n) is 3.72. The van der Waals surface area contributed by atoms with Gasteiger partial charge in [-0.2, -0.15) is 0 Å². The minimum absolute atomic E-state index is 0.0940. The number of amides is 1. The molecule has 1 aromatic heterocycles. The van der Waals surface area contributed by atoms with Gasteiger partial charge in [-0.05, 0) is 30.9 Å². The summed E-state index contributed by atoms with van der Waals surface area (Å²) in [6, 6.07) is 5.49. The second-order valence-corrected chi connectivity index (χ2v) is 6.82. The number of nitrogens with one attached hydrogen (secondary N) is 3. The van der Waals surface area contributed by atoms with E-state index in [-0.39, 0.29) is 30.0 Å². The third-order valence-electron chi connectivity index (χ3n) is 5.09. The number of para-hydroxylation sites is 1. The van der Waals surface area contributed by atoms with Crippen molar-refractivity contribution in [2.24, 2.45) is 5.92 Å². The highest BCUT2D eigenvalue weighted by molar-refractivity contribution is 5.92. The van der Waals surface area contributed by atoms with Crippen LogP contribution in [0.25, 0.3) is 0 Å². The maximum absolute atomic E-state index is 13.5. The van der Waals surface area contributed by atoms with Gasteiger partial charge in [-0.25, -0.2) is 8.78 Å². The number of hydrogen-bond donors (Lipinski definition) is 3. The van der Waals surface area contributed by atoms with E-state index in [1.54, 1.807) is 0 Å². The van der Waals surface area contributed by atoms with Crippen molar-refractivity contribution in [2.45, 2.75) is 38.0 Å². The molecule has 7 nitrogen and oxygen atoms in total. The van der Waals surface area contributed by atoms with E-state index in [1.807, 2.05) is 0 Å². The molecule has 4 rings (SSSR count). The lowest BCUT2D eigenvalue weighted by Crippen LogP contribution is -2.42. The number of aromatic nitrogens is 1. The Bertz CT molecular complexity index is 808. The first-order valence-corrected chi connectivity index (χ1v) is 8.93. The van der Waals surface area contributed by atoms with Crippen LogP contribution in [0.4, 0.5) is 8.78 Å². The minimum Gasteiger partial charge on any atom is -0.479 e. The van der Waals surface area contributed by atoms with E-state index in [4.69, 9.17) is 9.26 Å². The van der Waals surface area contributed by atoms with Crippen LogP contribution in [0.3, 0.4) is 0 Å². The van der Waals surface area contributed by atoms with E-state index < -0.39 is 17.4 Å². The Balaban J connectivity index is 1.30. The van der Waals surface area contributed by atoms with E-state index in [0.717, 1.165) is 25.0 Å². The highest BCUT2D eigenvalue weighted by Gasteiger charge is 2.38. The zero-order valence-corrected chi connectivity index (χ0v) is 14.5. The van der Waals surface area contributed by atoms with Crippen molar-refractivity contribution in [3.8, 4) is 5.75 Å².